The zero-order valence-electron chi connectivity index (χ0n) is 24.0. The molecule has 2 amide bonds. The highest BCUT2D eigenvalue weighted by atomic mass is 16.6. The van der Waals surface area contributed by atoms with Gasteiger partial charge in [-0.3, -0.25) is 9.48 Å². The van der Waals surface area contributed by atoms with E-state index in [0.29, 0.717) is 54.2 Å². The molecule has 11 heteroatoms. The Balaban J connectivity index is 1.51. The highest BCUT2D eigenvalue weighted by molar-refractivity contribution is 6.06. The van der Waals surface area contributed by atoms with Gasteiger partial charge in [0.05, 0.1) is 23.7 Å². The lowest BCUT2D eigenvalue weighted by molar-refractivity contribution is 0.0240. The van der Waals surface area contributed by atoms with Gasteiger partial charge in [-0.05, 0) is 52.0 Å². The van der Waals surface area contributed by atoms with Crippen molar-refractivity contribution in [1.82, 2.24) is 30.0 Å². The number of benzene rings is 2. The van der Waals surface area contributed by atoms with Crippen molar-refractivity contribution in [3.63, 3.8) is 0 Å². The first-order valence-corrected chi connectivity index (χ1v) is 13.3. The lowest BCUT2D eigenvalue weighted by Gasteiger charge is -2.36. The first-order chi connectivity index (χ1) is 19.0. The largest absolute Gasteiger partial charge is 0.496 e. The van der Waals surface area contributed by atoms with Gasteiger partial charge in [-0.15, -0.1) is 0 Å². The van der Waals surface area contributed by atoms with Gasteiger partial charge in [0.2, 0.25) is 0 Å². The first kappa shape index (κ1) is 27.2. The summed E-state index contributed by atoms with van der Waals surface area (Å²) < 4.78 is 13.0. The lowest BCUT2D eigenvalue weighted by atomic mass is 10.0. The minimum absolute atomic E-state index is 0.280. The van der Waals surface area contributed by atoms with Crippen LogP contribution in [0, 0.1) is 6.92 Å². The minimum Gasteiger partial charge on any atom is -0.496 e. The minimum atomic E-state index is -0.534. The molecule has 5 rings (SSSR count). The number of nitrogens with zero attached hydrogens (tertiary/aromatic N) is 6. The fourth-order valence-corrected chi connectivity index (χ4v) is 5.06. The monoisotopic (exact) mass is 545 g/mol. The third-order valence-electron chi connectivity index (χ3n) is 6.96. The molecule has 0 atom stereocenters. The predicted molar refractivity (Wildman–Crippen MR) is 154 cm³/mol. The fourth-order valence-electron chi connectivity index (χ4n) is 5.06. The number of fused-ring (bicyclic) bond motifs is 2. The van der Waals surface area contributed by atoms with Gasteiger partial charge in [0.25, 0.3) is 5.91 Å². The van der Waals surface area contributed by atoms with Gasteiger partial charge in [-0.2, -0.15) is 5.10 Å². The molecule has 0 saturated carbocycles. The SMILES string of the molecule is CNC(=O)c1nc(-c2cc3cn(C)nc3c(C)c2OC)nc2ccc(N3CCN(C(=O)OC(C)(C)C)CC3)cc12. The van der Waals surface area contributed by atoms with Crippen LogP contribution in [0.4, 0.5) is 10.5 Å². The number of nitrogens with one attached hydrogen (secondary N) is 1. The van der Waals surface area contributed by atoms with Gasteiger partial charge < -0.3 is 24.6 Å². The van der Waals surface area contributed by atoms with Gasteiger partial charge in [0, 0.05) is 68.5 Å². The summed E-state index contributed by atoms with van der Waals surface area (Å²) in [4.78, 5) is 39.0. The van der Waals surface area contributed by atoms with Crippen molar-refractivity contribution in [1.29, 1.82) is 0 Å². The van der Waals surface area contributed by atoms with Crippen molar-refractivity contribution < 1.29 is 19.1 Å². The second kappa shape index (κ2) is 10.3. The van der Waals surface area contributed by atoms with E-state index in [1.54, 1.807) is 23.7 Å². The molecule has 4 aromatic rings. The van der Waals surface area contributed by atoms with Gasteiger partial charge in [-0.1, -0.05) is 0 Å². The number of carbonyl (C=O) groups excluding carboxylic acids is 2. The van der Waals surface area contributed by atoms with Crippen molar-refractivity contribution in [3.8, 4) is 17.1 Å². The van der Waals surface area contributed by atoms with Crippen LogP contribution in [0.1, 0.15) is 36.8 Å². The number of aryl methyl sites for hydroxylation is 2. The molecule has 0 bridgehead atoms. The Morgan fingerprint density at radius 3 is 2.42 bits per heavy atom. The van der Waals surface area contributed by atoms with E-state index in [2.05, 4.69) is 15.3 Å². The van der Waals surface area contributed by atoms with E-state index >= 15 is 0 Å². The van der Waals surface area contributed by atoms with E-state index in [0.717, 1.165) is 22.2 Å². The fraction of sp³-hybridized carbons (Fsp3) is 0.414. The molecule has 3 heterocycles. The van der Waals surface area contributed by atoms with Crippen molar-refractivity contribution in [2.75, 3.05) is 45.2 Å². The number of methoxy groups -OCH3 is 1. The van der Waals surface area contributed by atoms with Gasteiger partial charge in [-0.25, -0.2) is 14.8 Å². The number of anilines is 1. The van der Waals surface area contributed by atoms with Crippen molar-refractivity contribution in [3.05, 3.63) is 41.7 Å². The average molecular weight is 546 g/mol. The van der Waals surface area contributed by atoms with E-state index in [1.165, 1.54) is 0 Å². The number of amides is 2. The van der Waals surface area contributed by atoms with Crippen molar-refractivity contribution >= 4 is 39.5 Å². The second-order valence-electron chi connectivity index (χ2n) is 11.0. The van der Waals surface area contributed by atoms with Crippen LogP contribution in [-0.4, -0.2) is 82.6 Å². The zero-order chi connectivity index (χ0) is 28.8. The summed E-state index contributed by atoms with van der Waals surface area (Å²) >= 11 is 0. The summed E-state index contributed by atoms with van der Waals surface area (Å²) in [6, 6.07) is 7.79. The number of rotatable bonds is 4. The molecule has 0 spiro atoms. The highest BCUT2D eigenvalue weighted by Crippen LogP contribution is 2.37. The van der Waals surface area contributed by atoms with Gasteiger partial charge >= 0.3 is 6.09 Å². The summed E-state index contributed by atoms with van der Waals surface area (Å²) in [7, 11) is 5.06. The predicted octanol–water partition coefficient (Wildman–Crippen LogP) is 3.92. The van der Waals surface area contributed by atoms with Crippen LogP contribution in [-0.2, 0) is 11.8 Å². The normalized spacial score (nSPS) is 14.1. The molecular weight excluding hydrogens is 510 g/mol. The number of hydrogen-bond acceptors (Lipinski definition) is 8. The van der Waals surface area contributed by atoms with Crippen LogP contribution in [0.3, 0.4) is 0 Å². The van der Waals surface area contributed by atoms with Crippen LogP contribution in [0.2, 0.25) is 0 Å². The Labute approximate surface area is 233 Å². The third-order valence-corrected chi connectivity index (χ3v) is 6.96. The molecule has 1 aliphatic rings. The quantitative estimate of drug-likeness (QED) is 0.411. The summed E-state index contributed by atoms with van der Waals surface area (Å²) in [5, 5.41) is 8.84. The third kappa shape index (κ3) is 5.11. The molecule has 0 radical (unpaired) electrons. The number of hydrogen-bond donors (Lipinski definition) is 1. The topological polar surface area (TPSA) is 115 Å². The smallest absolute Gasteiger partial charge is 0.410 e. The molecule has 0 unspecified atom stereocenters. The Hall–Kier alpha value is -4.41. The van der Waals surface area contributed by atoms with Crippen LogP contribution < -0.4 is 15.0 Å². The first-order valence-electron chi connectivity index (χ1n) is 13.3. The molecule has 1 saturated heterocycles. The number of ether oxygens (including phenoxy) is 2. The molecular formula is C29H35N7O4. The van der Waals surface area contributed by atoms with E-state index in [-0.39, 0.29) is 17.7 Å². The van der Waals surface area contributed by atoms with Gasteiger partial charge in [0.1, 0.15) is 17.0 Å². The summed E-state index contributed by atoms with van der Waals surface area (Å²) in [5.41, 5.74) is 3.73. The molecule has 40 heavy (non-hydrogen) atoms. The van der Waals surface area contributed by atoms with Crippen LogP contribution >= 0.6 is 0 Å². The molecule has 1 aliphatic heterocycles. The maximum absolute atomic E-state index is 13.1. The van der Waals surface area contributed by atoms with E-state index < -0.39 is 5.60 Å². The molecule has 2 aromatic carbocycles. The van der Waals surface area contributed by atoms with Crippen LogP contribution in [0.5, 0.6) is 5.75 Å². The van der Waals surface area contributed by atoms with Crippen molar-refractivity contribution in [2.45, 2.75) is 33.3 Å². The van der Waals surface area contributed by atoms with Crippen LogP contribution in [0.25, 0.3) is 33.2 Å². The van der Waals surface area contributed by atoms with E-state index in [1.807, 2.05) is 65.2 Å². The molecule has 210 valence electrons. The molecule has 11 nitrogen and oxygen atoms in total. The summed E-state index contributed by atoms with van der Waals surface area (Å²) in [6.07, 6.45) is 1.63. The molecule has 2 aromatic heterocycles. The Bertz CT molecular complexity index is 1610. The Kier molecular flexibility index (Phi) is 6.99. The number of carbonyl (C=O) groups is 2. The average Bonchev–Trinajstić information content (AvgIpc) is 3.31. The second-order valence-corrected chi connectivity index (χ2v) is 11.0. The standard InChI is InChI=1S/C29H35N7O4/c1-17-23-18(16-34(6)33-23)14-21(25(17)39-7)26-31-22-9-8-19(15-20(22)24(32-26)27(37)30-5)35-10-12-36(13-11-35)28(38)40-29(2,3)4/h8-9,14-16H,10-13H2,1-7H3,(H,30,37). The maximum Gasteiger partial charge on any atom is 0.410 e. The lowest BCUT2D eigenvalue weighted by Crippen LogP contribution is -2.50. The number of aromatic nitrogens is 4. The van der Waals surface area contributed by atoms with Gasteiger partial charge in [0.15, 0.2) is 5.82 Å². The van der Waals surface area contributed by atoms with Crippen molar-refractivity contribution in [2.24, 2.45) is 7.05 Å². The van der Waals surface area contributed by atoms with E-state index in [9.17, 15) is 9.59 Å². The van der Waals surface area contributed by atoms with E-state index in [4.69, 9.17) is 19.4 Å². The number of piperazine rings is 1. The Morgan fingerprint density at radius 1 is 1.05 bits per heavy atom. The summed E-state index contributed by atoms with van der Waals surface area (Å²) in [5.74, 6) is 0.710. The zero-order valence-corrected chi connectivity index (χ0v) is 24.0. The Morgan fingerprint density at radius 2 is 1.77 bits per heavy atom. The highest BCUT2D eigenvalue weighted by Gasteiger charge is 2.27. The van der Waals surface area contributed by atoms with Crippen LogP contribution in [0.15, 0.2) is 30.5 Å². The maximum atomic E-state index is 13.1. The molecule has 1 N–H and O–H groups in total. The molecule has 0 aliphatic carbocycles. The summed E-state index contributed by atoms with van der Waals surface area (Å²) in [6.45, 7) is 9.91. The molecule has 1 fully saturated rings.